The maximum absolute atomic E-state index is 12.6. The Kier molecular flexibility index (Phi) is 2.08. The van der Waals surface area contributed by atoms with Crippen LogP contribution >= 0.6 is 0 Å². The van der Waals surface area contributed by atoms with Gasteiger partial charge in [-0.25, -0.2) is 0 Å². The second kappa shape index (κ2) is 3.06. The Balaban J connectivity index is 2.31. The molecule has 1 atom stereocenters. The first-order valence-corrected chi connectivity index (χ1v) is 4.33. The molecule has 0 aromatic heterocycles. The van der Waals surface area contributed by atoms with Crippen LogP contribution in [-0.4, -0.2) is 17.5 Å². The smallest absolute Gasteiger partial charge is 0.392 e. The maximum Gasteiger partial charge on any atom is 0.422 e. The standard InChI is InChI=1S/C10H8F3NO/c11-10(12,13)9(6-14-9)8-3-1-7(5-15)2-4-8/h1-4,6,15H,5H2. The molecule has 0 fully saturated rings. The van der Waals surface area contributed by atoms with E-state index in [2.05, 4.69) is 4.99 Å². The number of rotatable bonds is 2. The Morgan fingerprint density at radius 3 is 2.07 bits per heavy atom. The van der Waals surface area contributed by atoms with Gasteiger partial charge in [0.1, 0.15) is 0 Å². The number of aliphatic imine (C=N–C) groups is 1. The summed E-state index contributed by atoms with van der Waals surface area (Å²) in [7, 11) is 0. The highest BCUT2D eigenvalue weighted by Crippen LogP contribution is 2.47. The highest BCUT2D eigenvalue weighted by molar-refractivity contribution is 5.87. The van der Waals surface area contributed by atoms with Gasteiger partial charge >= 0.3 is 6.18 Å². The average molecular weight is 215 g/mol. The molecule has 1 unspecified atom stereocenters. The average Bonchev–Trinajstić information content (AvgIpc) is 2.98. The Morgan fingerprint density at radius 1 is 1.20 bits per heavy atom. The van der Waals surface area contributed by atoms with Gasteiger partial charge < -0.3 is 5.11 Å². The molecule has 0 saturated heterocycles. The highest BCUT2D eigenvalue weighted by Gasteiger charge is 2.61. The summed E-state index contributed by atoms with van der Waals surface area (Å²) in [5.74, 6) is 0. The molecular formula is C10H8F3NO. The van der Waals surface area contributed by atoms with Gasteiger partial charge in [0.05, 0.1) is 6.61 Å². The van der Waals surface area contributed by atoms with Crippen LogP contribution < -0.4 is 0 Å². The van der Waals surface area contributed by atoms with Crippen LogP contribution in [0.25, 0.3) is 0 Å². The van der Waals surface area contributed by atoms with Crippen LogP contribution in [0.2, 0.25) is 0 Å². The molecule has 0 aliphatic carbocycles. The van der Waals surface area contributed by atoms with E-state index in [1.807, 2.05) is 0 Å². The summed E-state index contributed by atoms with van der Waals surface area (Å²) in [5.41, 5.74) is -1.44. The third-order valence-corrected chi connectivity index (χ3v) is 2.40. The molecule has 0 saturated carbocycles. The summed E-state index contributed by atoms with van der Waals surface area (Å²) in [4.78, 5) is 3.32. The minimum absolute atomic E-state index is 0.0900. The molecule has 1 aromatic carbocycles. The lowest BCUT2D eigenvalue weighted by atomic mass is 9.96. The minimum Gasteiger partial charge on any atom is -0.392 e. The summed E-state index contributed by atoms with van der Waals surface area (Å²) in [5, 5.41) is 8.75. The van der Waals surface area contributed by atoms with Crippen molar-refractivity contribution in [1.29, 1.82) is 0 Å². The molecule has 2 nitrogen and oxygen atoms in total. The van der Waals surface area contributed by atoms with Crippen molar-refractivity contribution < 1.29 is 18.3 Å². The fourth-order valence-corrected chi connectivity index (χ4v) is 1.39. The van der Waals surface area contributed by atoms with Gasteiger partial charge in [-0.15, -0.1) is 0 Å². The van der Waals surface area contributed by atoms with E-state index in [1.165, 1.54) is 24.3 Å². The number of hydrogen-bond donors (Lipinski definition) is 1. The van der Waals surface area contributed by atoms with Gasteiger partial charge in [-0.05, 0) is 11.1 Å². The fraction of sp³-hybridized carbons (Fsp3) is 0.300. The Morgan fingerprint density at radius 2 is 1.73 bits per heavy atom. The van der Waals surface area contributed by atoms with Crippen molar-refractivity contribution in [3.8, 4) is 0 Å². The van der Waals surface area contributed by atoms with Crippen LogP contribution in [0.5, 0.6) is 0 Å². The number of aliphatic hydroxyl groups excluding tert-OH is 1. The summed E-state index contributed by atoms with van der Waals surface area (Å²) in [6.07, 6.45) is -3.49. The van der Waals surface area contributed by atoms with Gasteiger partial charge in [-0.2, -0.15) is 13.2 Å². The minimum atomic E-state index is -4.38. The largest absolute Gasteiger partial charge is 0.422 e. The Hall–Kier alpha value is -1.36. The number of nitrogens with zero attached hydrogens (tertiary/aromatic N) is 1. The van der Waals surface area contributed by atoms with Gasteiger partial charge in [-0.1, -0.05) is 24.3 Å². The molecule has 0 bridgehead atoms. The summed E-state index contributed by atoms with van der Waals surface area (Å²) < 4.78 is 37.8. The monoisotopic (exact) mass is 215 g/mol. The van der Waals surface area contributed by atoms with Crippen LogP contribution in [0.4, 0.5) is 13.2 Å². The molecule has 2 rings (SSSR count). The van der Waals surface area contributed by atoms with Gasteiger partial charge in [0.15, 0.2) is 0 Å². The third kappa shape index (κ3) is 1.52. The zero-order valence-corrected chi connectivity index (χ0v) is 7.62. The lowest BCUT2D eigenvalue weighted by Gasteiger charge is -2.17. The zero-order valence-electron chi connectivity index (χ0n) is 7.62. The lowest BCUT2D eigenvalue weighted by molar-refractivity contribution is -0.156. The van der Waals surface area contributed by atoms with E-state index >= 15 is 0 Å². The van der Waals surface area contributed by atoms with Crippen LogP contribution in [0.3, 0.4) is 0 Å². The number of hydrogen-bond acceptors (Lipinski definition) is 2. The van der Waals surface area contributed by atoms with Gasteiger partial charge in [0, 0.05) is 6.21 Å². The molecule has 1 heterocycles. The van der Waals surface area contributed by atoms with E-state index in [9.17, 15) is 13.2 Å². The first kappa shape index (κ1) is 10.2. The van der Waals surface area contributed by atoms with Crippen molar-refractivity contribution in [3.63, 3.8) is 0 Å². The summed E-state index contributed by atoms with van der Waals surface area (Å²) >= 11 is 0. The molecule has 0 amide bonds. The topological polar surface area (TPSA) is 32.6 Å². The second-order valence-corrected chi connectivity index (χ2v) is 3.38. The lowest BCUT2D eigenvalue weighted by Crippen LogP contribution is -2.31. The molecule has 1 aliphatic heterocycles. The Labute approximate surface area is 84.1 Å². The van der Waals surface area contributed by atoms with Crippen molar-refractivity contribution in [2.45, 2.75) is 18.3 Å². The van der Waals surface area contributed by atoms with Crippen molar-refractivity contribution in [2.75, 3.05) is 0 Å². The van der Waals surface area contributed by atoms with E-state index in [1.54, 1.807) is 0 Å². The molecule has 0 radical (unpaired) electrons. The van der Waals surface area contributed by atoms with E-state index in [0.29, 0.717) is 5.56 Å². The molecule has 1 aromatic rings. The quantitative estimate of drug-likeness (QED) is 0.804. The number of alkyl halides is 3. The number of halogens is 3. The normalized spacial score (nSPS) is 24.3. The van der Waals surface area contributed by atoms with E-state index in [4.69, 9.17) is 5.11 Å². The van der Waals surface area contributed by atoms with Crippen molar-refractivity contribution in [3.05, 3.63) is 35.4 Å². The molecule has 5 heteroatoms. The zero-order chi connectivity index (χ0) is 11.1. The van der Waals surface area contributed by atoms with Crippen LogP contribution in [-0.2, 0) is 12.1 Å². The van der Waals surface area contributed by atoms with Gasteiger partial charge in [-0.3, -0.25) is 4.99 Å². The number of aliphatic hydroxyl groups is 1. The van der Waals surface area contributed by atoms with Crippen molar-refractivity contribution >= 4 is 6.21 Å². The van der Waals surface area contributed by atoms with Crippen LogP contribution in [0.1, 0.15) is 11.1 Å². The summed E-state index contributed by atoms with van der Waals surface area (Å²) in [6, 6.07) is 5.60. The van der Waals surface area contributed by atoms with Crippen LogP contribution in [0, 0.1) is 0 Å². The highest BCUT2D eigenvalue weighted by atomic mass is 19.4. The predicted octanol–water partition coefficient (Wildman–Crippen LogP) is 2.02. The van der Waals surface area contributed by atoms with Gasteiger partial charge in [0.25, 0.3) is 0 Å². The molecule has 1 aliphatic rings. The predicted molar refractivity (Wildman–Crippen MR) is 48.6 cm³/mol. The van der Waals surface area contributed by atoms with Gasteiger partial charge in [0.2, 0.25) is 5.54 Å². The first-order chi connectivity index (χ1) is 6.99. The third-order valence-electron chi connectivity index (χ3n) is 2.40. The maximum atomic E-state index is 12.6. The van der Waals surface area contributed by atoms with Crippen molar-refractivity contribution in [2.24, 2.45) is 4.99 Å². The fourth-order valence-electron chi connectivity index (χ4n) is 1.39. The van der Waals surface area contributed by atoms with E-state index < -0.39 is 11.7 Å². The van der Waals surface area contributed by atoms with E-state index in [0.717, 1.165) is 6.21 Å². The SMILES string of the molecule is OCc1ccc(C2(C(F)(F)F)C=N2)cc1. The van der Waals surface area contributed by atoms with Crippen molar-refractivity contribution in [1.82, 2.24) is 0 Å². The van der Waals surface area contributed by atoms with Crippen LogP contribution in [0.15, 0.2) is 29.3 Å². The Bertz CT molecular complexity index is 388. The first-order valence-electron chi connectivity index (χ1n) is 4.33. The molecule has 1 N–H and O–H groups in total. The molecular weight excluding hydrogens is 207 g/mol. The molecule has 15 heavy (non-hydrogen) atoms. The summed E-state index contributed by atoms with van der Waals surface area (Å²) in [6.45, 7) is -0.180. The number of benzene rings is 1. The second-order valence-electron chi connectivity index (χ2n) is 3.38. The van der Waals surface area contributed by atoms with E-state index in [-0.39, 0.29) is 12.2 Å². The molecule has 0 spiro atoms. The molecule has 80 valence electrons.